The first-order valence-corrected chi connectivity index (χ1v) is 12.8. The largest absolute Gasteiger partial charge is 0.343 e. The van der Waals surface area contributed by atoms with Crippen LogP contribution in [-0.2, 0) is 20.0 Å². The van der Waals surface area contributed by atoms with E-state index in [2.05, 4.69) is 9.44 Å². The highest BCUT2D eigenvalue weighted by Crippen LogP contribution is 2.32. The van der Waals surface area contributed by atoms with Gasteiger partial charge in [0.25, 0.3) is 10.0 Å². The van der Waals surface area contributed by atoms with Crippen LogP contribution in [0.15, 0.2) is 88.7 Å². The molecule has 0 unspecified atom stereocenters. The summed E-state index contributed by atoms with van der Waals surface area (Å²) < 4.78 is 55.7. The van der Waals surface area contributed by atoms with Crippen molar-refractivity contribution in [2.75, 3.05) is 16.7 Å². The summed E-state index contributed by atoms with van der Waals surface area (Å²) in [6, 6.07) is 21.9. The number of nitrogens with one attached hydrogen (secondary N) is 2. The van der Waals surface area contributed by atoms with Crippen LogP contribution in [0.5, 0.6) is 0 Å². The van der Waals surface area contributed by atoms with Crippen molar-refractivity contribution in [2.24, 2.45) is 0 Å². The zero-order valence-corrected chi connectivity index (χ0v) is 18.5. The smallest absolute Gasteiger partial charge is 0.261 e. The number of para-hydroxylation sites is 3. The number of anilines is 3. The number of hydrogen-bond acceptors (Lipinski definition) is 5. The Morgan fingerprint density at radius 3 is 1.90 bits per heavy atom. The Bertz CT molecular complexity index is 1270. The predicted octanol–water partition coefficient (Wildman–Crippen LogP) is 3.70. The highest BCUT2D eigenvalue weighted by atomic mass is 32.2. The molecule has 1 saturated carbocycles. The van der Waals surface area contributed by atoms with Crippen molar-refractivity contribution in [1.82, 2.24) is 4.72 Å². The Morgan fingerprint density at radius 2 is 1.29 bits per heavy atom. The molecule has 1 aliphatic carbocycles. The normalized spacial score (nSPS) is 14.2. The number of sulfonamides is 2. The van der Waals surface area contributed by atoms with Gasteiger partial charge in [0.2, 0.25) is 10.0 Å². The standard InChI is InChI=1S/C22H23N3O4S2/c1-25(18-7-3-2-4-8-18)22-10-6-5-9-21(22)24-31(28,29)20-15-13-19(14-16-20)30(26,27)23-17-11-12-17/h2-10,13-17,23-24H,11-12H2,1H3. The van der Waals surface area contributed by atoms with Gasteiger partial charge >= 0.3 is 0 Å². The van der Waals surface area contributed by atoms with Gasteiger partial charge in [-0.1, -0.05) is 30.3 Å². The van der Waals surface area contributed by atoms with E-state index in [1.54, 1.807) is 12.1 Å². The third kappa shape index (κ3) is 4.90. The van der Waals surface area contributed by atoms with Crippen molar-refractivity contribution in [3.63, 3.8) is 0 Å². The van der Waals surface area contributed by atoms with Crippen LogP contribution in [0.3, 0.4) is 0 Å². The summed E-state index contributed by atoms with van der Waals surface area (Å²) in [4.78, 5) is 1.91. The van der Waals surface area contributed by atoms with E-state index in [1.807, 2.05) is 54.4 Å². The lowest BCUT2D eigenvalue weighted by Crippen LogP contribution is -2.25. The van der Waals surface area contributed by atoms with E-state index in [0.717, 1.165) is 18.5 Å². The van der Waals surface area contributed by atoms with E-state index in [-0.39, 0.29) is 15.8 Å². The maximum Gasteiger partial charge on any atom is 0.261 e. The molecule has 9 heteroatoms. The number of nitrogens with zero attached hydrogens (tertiary/aromatic N) is 1. The molecule has 1 fully saturated rings. The van der Waals surface area contributed by atoms with E-state index >= 15 is 0 Å². The van der Waals surface area contributed by atoms with Crippen molar-refractivity contribution in [3.05, 3.63) is 78.9 Å². The van der Waals surface area contributed by atoms with Crippen LogP contribution in [0.25, 0.3) is 0 Å². The average molecular weight is 458 g/mol. The molecule has 1 aliphatic rings. The highest BCUT2D eigenvalue weighted by molar-refractivity contribution is 7.92. The number of rotatable bonds is 8. The Morgan fingerprint density at radius 1 is 0.742 bits per heavy atom. The summed E-state index contributed by atoms with van der Waals surface area (Å²) in [5, 5.41) is 0. The van der Waals surface area contributed by atoms with Gasteiger partial charge in [-0.15, -0.1) is 0 Å². The molecule has 0 atom stereocenters. The van der Waals surface area contributed by atoms with E-state index < -0.39 is 20.0 Å². The molecule has 0 heterocycles. The molecule has 7 nitrogen and oxygen atoms in total. The van der Waals surface area contributed by atoms with Gasteiger partial charge in [-0.05, 0) is 61.4 Å². The van der Waals surface area contributed by atoms with Crippen molar-refractivity contribution in [1.29, 1.82) is 0 Å². The summed E-state index contributed by atoms with van der Waals surface area (Å²) >= 11 is 0. The molecule has 0 bridgehead atoms. The zero-order valence-electron chi connectivity index (χ0n) is 16.9. The van der Waals surface area contributed by atoms with Gasteiger partial charge in [0.05, 0.1) is 21.2 Å². The molecular formula is C22H23N3O4S2. The van der Waals surface area contributed by atoms with Crippen LogP contribution in [0, 0.1) is 0 Å². The Kier molecular flexibility index (Phi) is 5.74. The summed E-state index contributed by atoms with van der Waals surface area (Å²) in [6.45, 7) is 0. The molecule has 3 aromatic rings. The minimum absolute atomic E-state index is 0.0185. The van der Waals surface area contributed by atoms with Gasteiger partial charge in [-0.25, -0.2) is 21.6 Å². The zero-order chi connectivity index (χ0) is 22.1. The topological polar surface area (TPSA) is 95.6 Å². The van der Waals surface area contributed by atoms with Crippen LogP contribution in [0.4, 0.5) is 17.1 Å². The Labute approximate surface area is 182 Å². The van der Waals surface area contributed by atoms with Crippen LogP contribution < -0.4 is 14.3 Å². The Hall–Kier alpha value is -2.88. The fraction of sp³-hybridized carbons (Fsp3) is 0.182. The second-order valence-corrected chi connectivity index (χ2v) is 10.8. The molecule has 2 N–H and O–H groups in total. The van der Waals surface area contributed by atoms with Crippen molar-refractivity contribution in [3.8, 4) is 0 Å². The van der Waals surface area contributed by atoms with E-state index in [1.165, 1.54) is 24.3 Å². The minimum Gasteiger partial charge on any atom is -0.343 e. The molecule has 31 heavy (non-hydrogen) atoms. The van der Waals surface area contributed by atoms with Crippen molar-refractivity contribution < 1.29 is 16.8 Å². The van der Waals surface area contributed by atoms with Gasteiger partial charge in [-0.3, -0.25) is 4.72 Å². The molecule has 0 amide bonds. The predicted molar refractivity (Wildman–Crippen MR) is 122 cm³/mol. The average Bonchev–Trinajstić information content (AvgIpc) is 3.57. The van der Waals surface area contributed by atoms with Gasteiger partial charge in [-0.2, -0.15) is 0 Å². The van der Waals surface area contributed by atoms with E-state index in [4.69, 9.17) is 0 Å². The third-order valence-electron chi connectivity index (χ3n) is 5.00. The molecule has 0 aliphatic heterocycles. The summed E-state index contributed by atoms with van der Waals surface area (Å²) in [7, 11) is -5.70. The molecule has 0 radical (unpaired) electrons. The van der Waals surface area contributed by atoms with Crippen LogP contribution in [0.2, 0.25) is 0 Å². The maximum atomic E-state index is 13.0. The maximum absolute atomic E-state index is 13.0. The number of benzene rings is 3. The highest BCUT2D eigenvalue weighted by Gasteiger charge is 2.28. The monoisotopic (exact) mass is 457 g/mol. The lowest BCUT2D eigenvalue weighted by Gasteiger charge is -2.23. The summed E-state index contributed by atoms with van der Waals surface area (Å²) in [5.74, 6) is 0. The fourth-order valence-electron chi connectivity index (χ4n) is 3.13. The molecule has 4 rings (SSSR count). The quantitative estimate of drug-likeness (QED) is 0.538. The van der Waals surface area contributed by atoms with Gasteiger partial charge in [0, 0.05) is 18.8 Å². The third-order valence-corrected chi connectivity index (χ3v) is 7.91. The SMILES string of the molecule is CN(c1ccccc1)c1ccccc1NS(=O)(=O)c1ccc(S(=O)(=O)NC2CC2)cc1. The first-order chi connectivity index (χ1) is 14.8. The fourth-order valence-corrected chi connectivity index (χ4v) is 5.51. The minimum atomic E-state index is -3.92. The van der Waals surface area contributed by atoms with Crippen LogP contribution in [-0.4, -0.2) is 29.9 Å². The van der Waals surface area contributed by atoms with Gasteiger partial charge in [0.1, 0.15) is 0 Å². The second kappa shape index (κ2) is 8.33. The molecule has 162 valence electrons. The van der Waals surface area contributed by atoms with Gasteiger partial charge in [0.15, 0.2) is 0 Å². The lowest BCUT2D eigenvalue weighted by molar-refractivity contribution is 0.580. The first kappa shape index (κ1) is 21.4. The summed E-state index contributed by atoms with van der Waals surface area (Å²) in [5.41, 5.74) is 2.01. The van der Waals surface area contributed by atoms with Crippen LogP contribution in [0.1, 0.15) is 12.8 Å². The Balaban J connectivity index is 1.58. The van der Waals surface area contributed by atoms with Crippen LogP contribution >= 0.6 is 0 Å². The molecular weight excluding hydrogens is 434 g/mol. The number of hydrogen-bond donors (Lipinski definition) is 2. The van der Waals surface area contributed by atoms with Crippen molar-refractivity contribution >= 4 is 37.1 Å². The second-order valence-electron chi connectivity index (χ2n) is 7.38. The van der Waals surface area contributed by atoms with Crippen molar-refractivity contribution in [2.45, 2.75) is 28.7 Å². The van der Waals surface area contributed by atoms with E-state index in [9.17, 15) is 16.8 Å². The molecule has 0 aromatic heterocycles. The van der Waals surface area contributed by atoms with Gasteiger partial charge < -0.3 is 4.90 Å². The summed E-state index contributed by atoms with van der Waals surface area (Å²) in [6.07, 6.45) is 1.65. The molecule has 0 spiro atoms. The van der Waals surface area contributed by atoms with E-state index in [0.29, 0.717) is 11.4 Å². The lowest BCUT2D eigenvalue weighted by atomic mass is 10.2. The first-order valence-electron chi connectivity index (χ1n) is 9.79. The molecule has 0 saturated heterocycles. The molecule has 3 aromatic carbocycles.